The van der Waals surface area contributed by atoms with E-state index in [4.69, 9.17) is 5.11 Å². The highest BCUT2D eigenvalue weighted by Crippen LogP contribution is 2.25. The van der Waals surface area contributed by atoms with Crippen molar-refractivity contribution in [2.45, 2.75) is 19.9 Å². The number of aromatic carboxylic acids is 1. The molecule has 3 rings (SSSR count). The first-order valence-electron chi connectivity index (χ1n) is 6.74. The molecule has 0 atom stereocenters. The van der Waals surface area contributed by atoms with Crippen LogP contribution in [0.15, 0.2) is 29.6 Å². The first-order valence-corrected chi connectivity index (χ1v) is 7.62. The molecule has 0 aliphatic carbocycles. The lowest BCUT2D eigenvalue weighted by molar-refractivity contribution is 0.0696. The van der Waals surface area contributed by atoms with Crippen molar-refractivity contribution in [1.29, 1.82) is 0 Å². The van der Waals surface area contributed by atoms with Crippen molar-refractivity contribution in [2.75, 3.05) is 6.54 Å². The molecule has 0 unspecified atom stereocenters. The SMILES string of the molecule is Cc1cc(C(=O)O)cc(C(=O)N2CCc3ccsc3C2)c1. The van der Waals surface area contributed by atoms with Crippen LogP contribution >= 0.6 is 11.3 Å². The van der Waals surface area contributed by atoms with Gasteiger partial charge in [-0.2, -0.15) is 0 Å². The van der Waals surface area contributed by atoms with Gasteiger partial charge < -0.3 is 10.0 Å². The summed E-state index contributed by atoms with van der Waals surface area (Å²) in [7, 11) is 0. The highest BCUT2D eigenvalue weighted by molar-refractivity contribution is 7.10. The van der Waals surface area contributed by atoms with E-state index in [0.717, 1.165) is 12.0 Å². The summed E-state index contributed by atoms with van der Waals surface area (Å²) >= 11 is 1.66. The molecule has 2 aromatic rings. The molecule has 1 aromatic carbocycles. The summed E-state index contributed by atoms with van der Waals surface area (Å²) < 4.78 is 0. The quantitative estimate of drug-likeness (QED) is 0.928. The molecule has 21 heavy (non-hydrogen) atoms. The molecule has 0 saturated carbocycles. The molecule has 0 radical (unpaired) electrons. The maximum Gasteiger partial charge on any atom is 0.335 e. The number of thiophene rings is 1. The highest BCUT2D eigenvalue weighted by atomic mass is 32.1. The lowest BCUT2D eigenvalue weighted by Gasteiger charge is -2.27. The van der Waals surface area contributed by atoms with Crippen LogP contribution in [0.3, 0.4) is 0 Å². The van der Waals surface area contributed by atoms with E-state index < -0.39 is 5.97 Å². The number of carbonyl (C=O) groups is 2. The zero-order valence-electron chi connectivity index (χ0n) is 11.6. The maximum atomic E-state index is 12.6. The zero-order chi connectivity index (χ0) is 15.0. The number of benzene rings is 1. The Hall–Kier alpha value is -2.14. The molecule has 1 aliphatic heterocycles. The van der Waals surface area contributed by atoms with E-state index >= 15 is 0 Å². The summed E-state index contributed by atoms with van der Waals surface area (Å²) in [5.41, 5.74) is 2.71. The van der Waals surface area contributed by atoms with Crippen LogP contribution in [0, 0.1) is 6.92 Å². The first-order chi connectivity index (χ1) is 10.0. The summed E-state index contributed by atoms with van der Waals surface area (Å²) in [6.45, 7) is 3.10. The molecule has 0 fully saturated rings. The maximum absolute atomic E-state index is 12.6. The third kappa shape index (κ3) is 2.69. The lowest BCUT2D eigenvalue weighted by Crippen LogP contribution is -2.35. The minimum Gasteiger partial charge on any atom is -0.478 e. The number of carbonyl (C=O) groups excluding carboxylic acids is 1. The molecule has 1 N–H and O–H groups in total. The van der Waals surface area contributed by atoms with Crippen molar-refractivity contribution >= 4 is 23.2 Å². The monoisotopic (exact) mass is 301 g/mol. The fourth-order valence-corrected chi connectivity index (χ4v) is 3.57. The van der Waals surface area contributed by atoms with Crippen molar-refractivity contribution in [3.63, 3.8) is 0 Å². The third-order valence-corrected chi connectivity index (χ3v) is 4.63. The van der Waals surface area contributed by atoms with Gasteiger partial charge in [0, 0.05) is 17.0 Å². The predicted molar refractivity (Wildman–Crippen MR) is 80.9 cm³/mol. The van der Waals surface area contributed by atoms with E-state index in [-0.39, 0.29) is 11.5 Å². The Kier molecular flexibility index (Phi) is 3.51. The summed E-state index contributed by atoms with van der Waals surface area (Å²) in [6, 6.07) is 6.89. The second kappa shape index (κ2) is 5.33. The van der Waals surface area contributed by atoms with E-state index in [1.54, 1.807) is 35.3 Å². The average molecular weight is 301 g/mol. The first kappa shape index (κ1) is 13.8. The Balaban J connectivity index is 1.88. The van der Waals surface area contributed by atoms with E-state index in [1.165, 1.54) is 16.5 Å². The summed E-state index contributed by atoms with van der Waals surface area (Å²) in [5.74, 6) is -1.10. The predicted octanol–water partition coefficient (Wildman–Crippen LogP) is 2.95. The molecule has 0 bridgehead atoms. The fraction of sp³-hybridized carbons (Fsp3) is 0.250. The Morgan fingerprint density at radius 2 is 2.00 bits per heavy atom. The molecule has 1 amide bonds. The number of fused-ring (bicyclic) bond motifs is 1. The largest absolute Gasteiger partial charge is 0.478 e. The average Bonchev–Trinajstić information content (AvgIpc) is 2.93. The normalized spacial score (nSPS) is 13.9. The van der Waals surface area contributed by atoms with Crippen LogP contribution in [0.5, 0.6) is 0 Å². The summed E-state index contributed by atoms with van der Waals surface area (Å²) in [6.07, 6.45) is 0.863. The number of aryl methyl sites for hydroxylation is 1. The van der Waals surface area contributed by atoms with Gasteiger partial charge in [-0.15, -0.1) is 11.3 Å². The number of nitrogens with zero attached hydrogens (tertiary/aromatic N) is 1. The van der Waals surface area contributed by atoms with Gasteiger partial charge >= 0.3 is 5.97 Å². The Morgan fingerprint density at radius 1 is 1.24 bits per heavy atom. The van der Waals surface area contributed by atoms with Crippen molar-refractivity contribution in [3.8, 4) is 0 Å². The van der Waals surface area contributed by atoms with Gasteiger partial charge in [0.2, 0.25) is 0 Å². The molecular formula is C16H15NO3S. The van der Waals surface area contributed by atoms with Gasteiger partial charge in [0.15, 0.2) is 0 Å². The van der Waals surface area contributed by atoms with Crippen LogP contribution in [-0.2, 0) is 13.0 Å². The van der Waals surface area contributed by atoms with Crippen LogP contribution < -0.4 is 0 Å². The molecular weight excluding hydrogens is 286 g/mol. The molecule has 1 aromatic heterocycles. The Labute approximate surface area is 126 Å². The van der Waals surface area contributed by atoms with Crippen molar-refractivity contribution in [1.82, 2.24) is 4.90 Å². The molecule has 0 saturated heterocycles. The molecule has 108 valence electrons. The van der Waals surface area contributed by atoms with Gasteiger partial charge in [-0.3, -0.25) is 4.79 Å². The second-order valence-electron chi connectivity index (χ2n) is 5.24. The second-order valence-corrected chi connectivity index (χ2v) is 6.24. The number of amides is 1. The topological polar surface area (TPSA) is 57.6 Å². The minimum absolute atomic E-state index is 0.0970. The molecule has 1 aliphatic rings. The lowest BCUT2D eigenvalue weighted by atomic mass is 10.0. The summed E-state index contributed by atoms with van der Waals surface area (Å²) in [4.78, 5) is 26.7. The van der Waals surface area contributed by atoms with E-state index in [0.29, 0.717) is 18.7 Å². The van der Waals surface area contributed by atoms with Crippen LogP contribution in [0.4, 0.5) is 0 Å². The van der Waals surface area contributed by atoms with Crippen LogP contribution in [0.2, 0.25) is 0 Å². The minimum atomic E-state index is -1.01. The van der Waals surface area contributed by atoms with E-state index in [9.17, 15) is 9.59 Å². The smallest absolute Gasteiger partial charge is 0.335 e. The van der Waals surface area contributed by atoms with Gasteiger partial charge in [-0.25, -0.2) is 4.79 Å². The van der Waals surface area contributed by atoms with Gasteiger partial charge in [-0.1, -0.05) is 0 Å². The number of carboxylic acid groups (broad SMARTS) is 1. The van der Waals surface area contributed by atoms with Crippen molar-refractivity contribution in [2.24, 2.45) is 0 Å². The van der Waals surface area contributed by atoms with Gasteiger partial charge in [0.05, 0.1) is 12.1 Å². The number of rotatable bonds is 2. The summed E-state index contributed by atoms with van der Waals surface area (Å²) in [5, 5.41) is 11.2. The van der Waals surface area contributed by atoms with Gasteiger partial charge in [0.25, 0.3) is 5.91 Å². The highest BCUT2D eigenvalue weighted by Gasteiger charge is 2.23. The molecule has 2 heterocycles. The van der Waals surface area contributed by atoms with E-state index in [1.807, 2.05) is 5.38 Å². The zero-order valence-corrected chi connectivity index (χ0v) is 12.4. The standard InChI is InChI=1S/C16H15NO3S/c1-10-6-12(8-13(7-10)16(19)20)15(18)17-4-2-11-3-5-21-14(11)9-17/h3,5-8H,2,4,9H2,1H3,(H,19,20). The van der Waals surface area contributed by atoms with E-state index in [2.05, 4.69) is 6.07 Å². The molecule has 4 nitrogen and oxygen atoms in total. The number of hydrogen-bond donors (Lipinski definition) is 1. The van der Waals surface area contributed by atoms with Gasteiger partial charge in [0.1, 0.15) is 0 Å². The Morgan fingerprint density at radius 3 is 2.76 bits per heavy atom. The van der Waals surface area contributed by atoms with Crippen LogP contribution in [-0.4, -0.2) is 28.4 Å². The third-order valence-electron chi connectivity index (χ3n) is 3.68. The molecule has 0 spiro atoms. The Bertz CT molecular complexity index is 720. The van der Waals surface area contributed by atoms with Crippen molar-refractivity contribution in [3.05, 3.63) is 56.8 Å². The van der Waals surface area contributed by atoms with Crippen molar-refractivity contribution < 1.29 is 14.7 Å². The van der Waals surface area contributed by atoms with Gasteiger partial charge in [-0.05, 0) is 54.1 Å². The number of hydrogen-bond acceptors (Lipinski definition) is 3. The number of carboxylic acids is 1. The van der Waals surface area contributed by atoms with Crippen LogP contribution in [0.1, 0.15) is 36.7 Å². The van der Waals surface area contributed by atoms with Crippen LogP contribution in [0.25, 0.3) is 0 Å². The fourth-order valence-electron chi connectivity index (χ4n) is 2.62. The molecule has 5 heteroatoms.